The van der Waals surface area contributed by atoms with Crippen LogP contribution in [0.25, 0.3) is 11.2 Å². The molecule has 0 radical (unpaired) electrons. The fourth-order valence-corrected chi connectivity index (χ4v) is 3.49. The first-order valence-electron chi connectivity index (χ1n) is 8.54. The van der Waals surface area contributed by atoms with E-state index in [1.165, 1.54) is 18.5 Å². The molecule has 0 unspecified atom stereocenters. The van der Waals surface area contributed by atoms with Crippen LogP contribution in [0.2, 0.25) is 0 Å². The van der Waals surface area contributed by atoms with E-state index in [2.05, 4.69) is 15.0 Å². The summed E-state index contributed by atoms with van der Waals surface area (Å²) in [6.07, 6.45) is 4.81. The minimum atomic E-state index is -0.320. The minimum Gasteiger partial charge on any atom is -0.340 e. The van der Waals surface area contributed by atoms with Gasteiger partial charge in [-0.05, 0) is 30.5 Å². The van der Waals surface area contributed by atoms with Gasteiger partial charge in [-0.25, -0.2) is 19.2 Å². The zero-order valence-corrected chi connectivity index (χ0v) is 14.1. The SMILES string of the molecule is O=C(Cc1ccc(F)cc1)N1CCC[C@@H](n2c(=O)[nH]c3cncnc32)C1. The smallest absolute Gasteiger partial charge is 0.328 e. The van der Waals surface area contributed by atoms with Crippen LogP contribution in [0.1, 0.15) is 24.4 Å². The number of benzene rings is 1. The number of hydrogen-bond donors (Lipinski definition) is 1. The predicted octanol–water partition coefficient (Wildman–Crippen LogP) is 1.66. The molecule has 1 aromatic carbocycles. The topological polar surface area (TPSA) is 83.9 Å². The van der Waals surface area contributed by atoms with Crippen LogP contribution in [0.15, 0.2) is 41.6 Å². The van der Waals surface area contributed by atoms with Gasteiger partial charge in [-0.1, -0.05) is 12.1 Å². The van der Waals surface area contributed by atoms with Crippen LogP contribution in [-0.4, -0.2) is 43.4 Å². The molecule has 0 saturated carbocycles. The van der Waals surface area contributed by atoms with Crippen LogP contribution in [-0.2, 0) is 11.2 Å². The van der Waals surface area contributed by atoms with Gasteiger partial charge in [-0.2, -0.15) is 0 Å². The number of nitrogens with zero attached hydrogens (tertiary/aromatic N) is 4. The van der Waals surface area contributed by atoms with Crippen LogP contribution >= 0.6 is 0 Å². The Morgan fingerprint density at radius 3 is 2.92 bits per heavy atom. The second-order valence-electron chi connectivity index (χ2n) is 6.50. The number of H-pyrrole nitrogens is 1. The number of carbonyl (C=O) groups is 1. The normalized spacial score (nSPS) is 17.6. The molecule has 0 spiro atoms. The van der Waals surface area contributed by atoms with Crippen molar-refractivity contribution in [3.63, 3.8) is 0 Å². The highest BCUT2D eigenvalue weighted by atomic mass is 19.1. The minimum absolute atomic E-state index is 0.0242. The van der Waals surface area contributed by atoms with Crippen molar-refractivity contribution in [2.24, 2.45) is 0 Å². The van der Waals surface area contributed by atoms with Crippen LogP contribution in [0.5, 0.6) is 0 Å². The van der Waals surface area contributed by atoms with Gasteiger partial charge in [0, 0.05) is 13.1 Å². The molecule has 26 heavy (non-hydrogen) atoms. The number of nitrogens with one attached hydrogen (secondary N) is 1. The number of aromatic nitrogens is 4. The predicted molar refractivity (Wildman–Crippen MR) is 93.1 cm³/mol. The average Bonchev–Trinajstić information content (AvgIpc) is 2.99. The summed E-state index contributed by atoms with van der Waals surface area (Å²) in [7, 11) is 0. The molecule has 134 valence electrons. The Kier molecular flexibility index (Phi) is 4.24. The number of carbonyl (C=O) groups excluding carboxylic acids is 1. The number of aromatic amines is 1. The first-order valence-corrected chi connectivity index (χ1v) is 8.54. The maximum atomic E-state index is 13.0. The first-order chi connectivity index (χ1) is 12.6. The van der Waals surface area contributed by atoms with Crippen molar-refractivity contribution in [3.05, 3.63) is 58.7 Å². The van der Waals surface area contributed by atoms with E-state index in [0.717, 1.165) is 18.4 Å². The molecule has 1 aliphatic heterocycles. The third-order valence-corrected chi connectivity index (χ3v) is 4.76. The Bertz CT molecular complexity index is 995. The molecule has 7 nitrogen and oxygen atoms in total. The lowest BCUT2D eigenvalue weighted by Crippen LogP contribution is -2.43. The van der Waals surface area contributed by atoms with Gasteiger partial charge >= 0.3 is 5.69 Å². The molecule has 3 heterocycles. The highest BCUT2D eigenvalue weighted by Gasteiger charge is 2.27. The van der Waals surface area contributed by atoms with Crippen LogP contribution in [0.4, 0.5) is 4.39 Å². The van der Waals surface area contributed by atoms with Crippen LogP contribution in [0.3, 0.4) is 0 Å². The molecule has 0 bridgehead atoms. The van der Waals surface area contributed by atoms with Crippen molar-refractivity contribution in [3.8, 4) is 0 Å². The highest BCUT2D eigenvalue weighted by Crippen LogP contribution is 2.23. The first kappa shape index (κ1) is 16.4. The molecule has 1 amide bonds. The van der Waals surface area contributed by atoms with E-state index in [0.29, 0.717) is 24.3 Å². The summed E-state index contributed by atoms with van der Waals surface area (Å²) in [6.45, 7) is 1.11. The quantitative estimate of drug-likeness (QED) is 0.775. The molecule has 4 rings (SSSR count). The lowest BCUT2D eigenvalue weighted by Gasteiger charge is -2.33. The molecule has 3 aromatic rings. The molecule has 1 fully saturated rings. The summed E-state index contributed by atoms with van der Waals surface area (Å²) < 4.78 is 14.6. The summed E-state index contributed by atoms with van der Waals surface area (Å²) in [5.41, 5.74) is 1.68. The van der Waals surface area contributed by atoms with Gasteiger partial charge in [-0.15, -0.1) is 0 Å². The maximum Gasteiger partial charge on any atom is 0.328 e. The van der Waals surface area contributed by atoms with Crippen LogP contribution < -0.4 is 5.69 Å². The summed E-state index contributed by atoms with van der Waals surface area (Å²) in [5, 5.41) is 0. The monoisotopic (exact) mass is 355 g/mol. The molecule has 8 heteroatoms. The molecule has 1 atom stereocenters. The van der Waals surface area contributed by atoms with E-state index in [4.69, 9.17) is 0 Å². The molecule has 1 N–H and O–H groups in total. The van der Waals surface area contributed by atoms with Crippen molar-refractivity contribution < 1.29 is 9.18 Å². The van der Waals surface area contributed by atoms with Crippen molar-refractivity contribution in [1.82, 2.24) is 24.4 Å². The number of hydrogen-bond acceptors (Lipinski definition) is 4. The largest absolute Gasteiger partial charge is 0.340 e. The third kappa shape index (κ3) is 3.10. The number of piperidine rings is 1. The zero-order valence-electron chi connectivity index (χ0n) is 14.1. The van der Waals surface area contributed by atoms with E-state index in [9.17, 15) is 14.0 Å². The van der Waals surface area contributed by atoms with E-state index in [1.54, 1.807) is 27.8 Å². The lowest BCUT2D eigenvalue weighted by atomic mass is 10.0. The van der Waals surface area contributed by atoms with E-state index >= 15 is 0 Å². The van der Waals surface area contributed by atoms with Gasteiger partial charge in [0.15, 0.2) is 5.65 Å². The van der Waals surface area contributed by atoms with Gasteiger partial charge in [0.1, 0.15) is 17.7 Å². The Balaban J connectivity index is 1.53. The second kappa shape index (κ2) is 6.70. The summed E-state index contributed by atoms with van der Waals surface area (Å²) >= 11 is 0. The molecule has 0 aliphatic carbocycles. The molecule has 1 aliphatic rings. The van der Waals surface area contributed by atoms with Gasteiger partial charge in [0.25, 0.3) is 0 Å². The summed E-state index contributed by atoms with van der Waals surface area (Å²) in [6, 6.07) is 5.82. The maximum absolute atomic E-state index is 13.0. The summed E-state index contributed by atoms with van der Waals surface area (Å²) in [5.74, 6) is -0.344. The number of amides is 1. The Morgan fingerprint density at radius 1 is 1.31 bits per heavy atom. The number of likely N-dealkylation sites (tertiary alicyclic amines) is 1. The average molecular weight is 355 g/mol. The second-order valence-corrected chi connectivity index (χ2v) is 6.50. The number of halogens is 1. The number of rotatable bonds is 3. The van der Waals surface area contributed by atoms with E-state index < -0.39 is 0 Å². The van der Waals surface area contributed by atoms with Gasteiger partial charge in [0.2, 0.25) is 5.91 Å². The molecule has 2 aromatic heterocycles. The van der Waals surface area contributed by atoms with Gasteiger partial charge in [0.05, 0.1) is 18.7 Å². The zero-order chi connectivity index (χ0) is 18.1. The van der Waals surface area contributed by atoms with Crippen molar-refractivity contribution >= 4 is 17.1 Å². The number of fused-ring (bicyclic) bond motifs is 1. The Hall–Kier alpha value is -3.03. The fourth-order valence-electron chi connectivity index (χ4n) is 3.49. The Labute approximate surface area is 148 Å². The molecule has 1 saturated heterocycles. The van der Waals surface area contributed by atoms with Gasteiger partial charge < -0.3 is 9.88 Å². The summed E-state index contributed by atoms with van der Waals surface area (Å²) in [4.78, 5) is 37.6. The van der Waals surface area contributed by atoms with Crippen molar-refractivity contribution in [1.29, 1.82) is 0 Å². The van der Waals surface area contributed by atoms with Crippen LogP contribution in [0, 0.1) is 5.82 Å². The standard InChI is InChI=1S/C18H18FN5O2/c19-13-5-3-12(4-6-13)8-16(25)23-7-1-2-14(10-23)24-17-15(22-18(24)26)9-20-11-21-17/h3-6,9,11,14H,1-2,7-8,10H2,(H,22,26)/t14-/m1/s1. The molecular weight excluding hydrogens is 337 g/mol. The molecular formula is C18H18FN5O2. The lowest BCUT2D eigenvalue weighted by molar-refractivity contribution is -0.132. The fraction of sp³-hybridized carbons (Fsp3) is 0.333. The third-order valence-electron chi connectivity index (χ3n) is 4.76. The van der Waals surface area contributed by atoms with Crippen molar-refractivity contribution in [2.45, 2.75) is 25.3 Å². The Morgan fingerprint density at radius 2 is 2.12 bits per heavy atom. The van der Waals surface area contributed by atoms with Gasteiger partial charge in [-0.3, -0.25) is 9.36 Å². The number of imidazole rings is 1. The van der Waals surface area contributed by atoms with E-state index in [-0.39, 0.29) is 29.9 Å². The van der Waals surface area contributed by atoms with Crippen molar-refractivity contribution in [2.75, 3.05) is 13.1 Å². The van der Waals surface area contributed by atoms with E-state index in [1.807, 2.05) is 0 Å². The highest BCUT2D eigenvalue weighted by molar-refractivity contribution is 5.79.